The van der Waals surface area contributed by atoms with E-state index in [2.05, 4.69) is 10.3 Å². The first-order valence-electron chi connectivity index (χ1n) is 8.32. The van der Waals surface area contributed by atoms with Crippen molar-refractivity contribution in [3.8, 4) is 5.75 Å². The Balaban J connectivity index is 1.81. The molecule has 2 heterocycles. The summed E-state index contributed by atoms with van der Waals surface area (Å²) in [5.74, 6) is 0.536. The average molecular weight is 341 g/mol. The standard InChI is InChI=1S/C19H23N3O3/c1-13-10-14(20-2)11-16(21-13)18-12-22(8-9-25-18)19(23)15-6-4-5-7-17(15)24-3/h4-7,10-11,18H,8-9,12H2,1-3H3,(H,20,21). The minimum Gasteiger partial charge on any atom is -0.496 e. The van der Waals surface area contributed by atoms with E-state index in [1.54, 1.807) is 24.1 Å². The van der Waals surface area contributed by atoms with Gasteiger partial charge in [-0.05, 0) is 31.2 Å². The van der Waals surface area contributed by atoms with Crippen LogP contribution in [0.15, 0.2) is 36.4 Å². The number of ether oxygens (including phenoxy) is 2. The molecule has 0 spiro atoms. The lowest BCUT2D eigenvalue weighted by Crippen LogP contribution is -2.42. The number of rotatable bonds is 4. The highest BCUT2D eigenvalue weighted by Crippen LogP contribution is 2.26. The summed E-state index contributed by atoms with van der Waals surface area (Å²) in [4.78, 5) is 19.3. The van der Waals surface area contributed by atoms with Crippen LogP contribution in [0, 0.1) is 6.92 Å². The smallest absolute Gasteiger partial charge is 0.257 e. The molecule has 6 nitrogen and oxygen atoms in total. The second kappa shape index (κ2) is 7.53. The molecule has 0 bridgehead atoms. The van der Waals surface area contributed by atoms with Crippen molar-refractivity contribution in [3.05, 3.63) is 53.3 Å². The van der Waals surface area contributed by atoms with E-state index < -0.39 is 0 Å². The fourth-order valence-electron chi connectivity index (χ4n) is 3.01. The fraction of sp³-hybridized carbons (Fsp3) is 0.368. The van der Waals surface area contributed by atoms with Crippen LogP contribution in [0.4, 0.5) is 5.69 Å². The molecule has 1 atom stereocenters. The van der Waals surface area contributed by atoms with E-state index in [1.165, 1.54) is 0 Å². The van der Waals surface area contributed by atoms with Crippen molar-refractivity contribution in [1.82, 2.24) is 9.88 Å². The van der Waals surface area contributed by atoms with Crippen LogP contribution in [-0.4, -0.2) is 49.6 Å². The van der Waals surface area contributed by atoms with E-state index in [-0.39, 0.29) is 12.0 Å². The molecule has 1 aromatic carbocycles. The number of morpholine rings is 1. The summed E-state index contributed by atoms with van der Waals surface area (Å²) in [5.41, 5.74) is 3.30. The normalized spacial score (nSPS) is 17.2. The quantitative estimate of drug-likeness (QED) is 0.926. The minimum atomic E-state index is -0.237. The number of para-hydroxylation sites is 1. The molecule has 1 N–H and O–H groups in total. The summed E-state index contributed by atoms with van der Waals surface area (Å²) in [6.07, 6.45) is -0.237. The van der Waals surface area contributed by atoms with Gasteiger partial charge in [-0.15, -0.1) is 0 Å². The van der Waals surface area contributed by atoms with Crippen molar-refractivity contribution in [1.29, 1.82) is 0 Å². The zero-order valence-electron chi connectivity index (χ0n) is 14.8. The Hall–Kier alpha value is -2.60. The van der Waals surface area contributed by atoms with Gasteiger partial charge in [0.25, 0.3) is 5.91 Å². The molecule has 3 rings (SSSR count). The average Bonchev–Trinajstić information content (AvgIpc) is 2.67. The highest BCUT2D eigenvalue weighted by Gasteiger charge is 2.28. The number of pyridine rings is 1. The van der Waals surface area contributed by atoms with Gasteiger partial charge in [-0.1, -0.05) is 12.1 Å². The van der Waals surface area contributed by atoms with Gasteiger partial charge in [-0.2, -0.15) is 0 Å². The predicted octanol–water partition coefficient (Wildman–Crippen LogP) is 2.65. The maximum Gasteiger partial charge on any atom is 0.257 e. The molecular weight excluding hydrogens is 318 g/mol. The number of amides is 1. The molecule has 1 aliphatic heterocycles. The first-order chi connectivity index (χ1) is 12.1. The van der Waals surface area contributed by atoms with E-state index in [0.29, 0.717) is 31.0 Å². The number of hydrogen-bond donors (Lipinski definition) is 1. The van der Waals surface area contributed by atoms with Crippen LogP contribution in [0.2, 0.25) is 0 Å². The highest BCUT2D eigenvalue weighted by atomic mass is 16.5. The molecule has 6 heteroatoms. The lowest BCUT2D eigenvalue weighted by atomic mass is 10.1. The van der Waals surface area contributed by atoms with Crippen molar-refractivity contribution >= 4 is 11.6 Å². The van der Waals surface area contributed by atoms with Crippen molar-refractivity contribution < 1.29 is 14.3 Å². The summed E-state index contributed by atoms with van der Waals surface area (Å²) in [7, 11) is 3.45. The molecular formula is C19H23N3O3. The minimum absolute atomic E-state index is 0.0488. The number of nitrogens with zero attached hydrogens (tertiary/aromatic N) is 2. The van der Waals surface area contributed by atoms with E-state index in [4.69, 9.17) is 9.47 Å². The molecule has 0 saturated carbocycles. The van der Waals surface area contributed by atoms with Gasteiger partial charge in [0.1, 0.15) is 11.9 Å². The van der Waals surface area contributed by atoms with E-state index in [1.807, 2.05) is 38.2 Å². The topological polar surface area (TPSA) is 63.7 Å². The van der Waals surface area contributed by atoms with Gasteiger partial charge in [0, 0.05) is 25.0 Å². The summed E-state index contributed by atoms with van der Waals surface area (Å²) in [6.45, 7) is 3.45. The number of benzene rings is 1. The molecule has 2 aromatic rings. The SMILES string of the molecule is CNc1cc(C)nc(C2CN(C(=O)c3ccccc3OC)CCO2)c1. The van der Waals surface area contributed by atoms with Crippen LogP contribution in [0.25, 0.3) is 0 Å². The second-order valence-electron chi connectivity index (χ2n) is 5.98. The van der Waals surface area contributed by atoms with Gasteiger partial charge in [-0.3, -0.25) is 9.78 Å². The van der Waals surface area contributed by atoms with Crippen LogP contribution in [0.1, 0.15) is 27.8 Å². The molecule has 1 amide bonds. The maximum absolute atomic E-state index is 12.9. The van der Waals surface area contributed by atoms with Gasteiger partial charge in [0.2, 0.25) is 0 Å². The molecule has 0 aliphatic carbocycles. The Bertz CT molecular complexity index is 763. The number of methoxy groups -OCH3 is 1. The molecule has 1 aliphatic rings. The Morgan fingerprint density at radius 1 is 1.36 bits per heavy atom. The van der Waals surface area contributed by atoms with Crippen molar-refractivity contribution in [2.24, 2.45) is 0 Å². The Morgan fingerprint density at radius 2 is 2.16 bits per heavy atom. The zero-order chi connectivity index (χ0) is 17.8. The fourth-order valence-corrected chi connectivity index (χ4v) is 3.01. The van der Waals surface area contributed by atoms with E-state index in [9.17, 15) is 4.79 Å². The van der Waals surface area contributed by atoms with Crippen molar-refractivity contribution in [2.45, 2.75) is 13.0 Å². The monoisotopic (exact) mass is 341 g/mol. The number of carbonyl (C=O) groups is 1. The predicted molar refractivity (Wildman–Crippen MR) is 96.1 cm³/mol. The second-order valence-corrected chi connectivity index (χ2v) is 5.98. The third-order valence-corrected chi connectivity index (χ3v) is 4.28. The lowest BCUT2D eigenvalue weighted by molar-refractivity contribution is -0.0248. The number of aromatic nitrogens is 1. The summed E-state index contributed by atoms with van der Waals surface area (Å²) >= 11 is 0. The third-order valence-electron chi connectivity index (χ3n) is 4.28. The highest BCUT2D eigenvalue weighted by molar-refractivity contribution is 5.97. The van der Waals surface area contributed by atoms with Crippen LogP contribution in [0.3, 0.4) is 0 Å². The van der Waals surface area contributed by atoms with Crippen LogP contribution < -0.4 is 10.1 Å². The van der Waals surface area contributed by atoms with E-state index in [0.717, 1.165) is 17.1 Å². The van der Waals surface area contributed by atoms with Gasteiger partial charge < -0.3 is 19.7 Å². The summed E-state index contributed by atoms with van der Waals surface area (Å²) < 4.78 is 11.2. The molecule has 1 saturated heterocycles. The summed E-state index contributed by atoms with van der Waals surface area (Å²) in [6, 6.07) is 11.2. The zero-order valence-corrected chi connectivity index (χ0v) is 14.8. The van der Waals surface area contributed by atoms with Crippen LogP contribution in [0.5, 0.6) is 5.75 Å². The van der Waals surface area contributed by atoms with E-state index >= 15 is 0 Å². The molecule has 1 aromatic heterocycles. The molecule has 1 unspecified atom stereocenters. The van der Waals surface area contributed by atoms with Crippen molar-refractivity contribution in [3.63, 3.8) is 0 Å². The Morgan fingerprint density at radius 3 is 2.92 bits per heavy atom. The van der Waals surface area contributed by atoms with Crippen LogP contribution >= 0.6 is 0 Å². The van der Waals surface area contributed by atoms with Gasteiger partial charge in [-0.25, -0.2) is 0 Å². The van der Waals surface area contributed by atoms with Gasteiger partial charge in [0.15, 0.2) is 0 Å². The third kappa shape index (κ3) is 3.74. The number of hydrogen-bond acceptors (Lipinski definition) is 5. The number of aryl methyl sites for hydroxylation is 1. The largest absolute Gasteiger partial charge is 0.496 e. The number of anilines is 1. The number of carbonyl (C=O) groups excluding carboxylic acids is 1. The van der Waals surface area contributed by atoms with Crippen LogP contribution in [-0.2, 0) is 4.74 Å². The molecule has 1 fully saturated rings. The van der Waals surface area contributed by atoms with Crippen molar-refractivity contribution in [2.75, 3.05) is 39.2 Å². The number of nitrogens with one attached hydrogen (secondary N) is 1. The summed E-state index contributed by atoms with van der Waals surface area (Å²) in [5, 5.41) is 3.13. The Labute approximate surface area is 147 Å². The molecule has 132 valence electrons. The first kappa shape index (κ1) is 17.2. The maximum atomic E-state index is 12.9. The molecule has 0 radical (unpaired) electrons. The Kier molecular flexibility index (Phi) is 5.19. The molecule has 25 heavy (non-hydrogen) atoms. The van der Waals surface area contributed by atoms with Gasteiger partial charge in [0.05, 0.1) is 31.5 Å². The van der Waals surface area contributed by atoms with Gasteiger partial charge >= 0.3 is 0 Å². The first-order valence-corrected chi connectivity index (χ1v) is 8.32. The lowest BCUT2D eigenvalue weighted by Gasteiger charge is -2.33.